The van der Waals surface area contributed by atoms with E-state index in [1.54, 1.807) is 24.5 Å². The minimum absolute atomic E-state index is 0.150. The summed E-state index contributed by atoms with van der Waals surface area (Å²) in [5, 5.41) is 9.54. The van der Waals surface area contributed by atoms with Crippen molar-refractivity contribution in [3.05, 3.63) is 53.2 Å². The lowest BCUT2D eigenvalue weighted by Crippen LogP contribution is -2.08. The highest BCUT2D eigenvalue weighted by Crippen LogP contribution is 2.24. The maximum atomic E-state index is 12.0. The molecule has 0 atom stereocenters. The SMILES string of the molecule is CCn1c(SCC(=O)OCc2cccc(Cl)c2)nnc1-c1ccco1. The number of furan rings is 1. The number of hydrogen-bond donors (Lipinski definition) is 0. The van der Waals surface area contributed by atoms with Crippen molar-refractivity contribution in [1.82, 2.24) is 14.8 Å². The molecule has 0 saturated carbocycles. The molecule has 0 radical (unpaired) electrons. The number of benzene rings is 1. The lowest BCUT2D eigenvalue weighted by Gasteiger charge is -2.07. The van der Waals surface area contributed by atoms with Gasteiger partial charge in [-0.15, -0.1) is 10.2 Å². The van der Waals surface area contributed by atoms with Crippen molar-refractivity contribution in [3.63, 3.8) is 0 Å². The van der Waals surface area contributed by atoms with Crippen LogP contribution in [0.25, 0.3) is 11.6 Å². The monoisotopic (exact) mass is 377 g/mol. The topological polar surface area (TPSA) is 70.2 Å². The van der Waals surface area contributed by atoms with Crippen LogP contribution < -0.4 is 0 Å². The molecule has 6 nitrogen and oxygen atoms in total. The highest BCUT2D eigenvalue weighted by molar-refractivity contribution is 7.99. The van der Waals surface area contributed by atoms with Crippen molar-refractivity contribution in [2.45, 2.75) is 25.2 Å². The summed E-state index contributed by atoms with van der Waals surface area (Å²) in [6.45, 7) is 2.85. The number of carbonyl (C=O) groups excluding carboxylic acids is 1. The van der Waals surface area contributed by atoms with Crippen LogP contribution in [0.15, 0.2) is 52.2 Å². The summed E-state index contributed by atoms with van der Waals surface area (Å²) >= 11 is 7.19. The molecule has 0 amide bonds. The number of hydrogen-bond acceptors (Lipinski definition) is 6. The van der Waals surface area contributed by atoms with Gasteiger partial charge in [0.05, 0.1) is 12.0 Å². The van der Waals surface area contributed by atoms with Crippen LogP contribution in [0, 0.1) is 0 Å². The Hall–Kier alpha value is -2.25. The molecule has 0 spiro atoms. The summed E-state index contributed by atoms with van der Waals surface area (Å²) in [5.74, 6) is 1.11. The number of nitrogens with zero attached hydrogens (tertiary/aromatic N) is 3. The second-order valence-corrected chi connectivity index (χ2v) is 6.49. The molecular weight excluding hydrogens is 362 g/mol. The van der Waals surface area contributed by atoms with Crippen molar-refractivity contribution in [1.29, 1.82) is 0 Å². The van der Waals surface area contributed by atoms with Gasteiger partial charge in [0.2, 0.25) is 0 Å². The molecule has 1 aromatic carbocycles. The molecule has 0 aliphatic carbocycles. The van der Waals surface area contributed by atoms with Crippen LogP contribution in [0.2, 0.25) is 5.02 Å². The van der Waals surface area contributed by atoms with Gasteiger partial charge in [-0.25, -0.2) is 0 Å². The first-order valence-corrected chi connectivity index (χ1v) is 9.03. The normalized spacial score (nSPS) is 10.8. The number of esters is 1. The van der Waals surface area contributed by atoms with E-state index in [-0.39, 0.29) is 18.3 Å². The van der Waals surface area contributed by atoms with Crippen LogP contribution >= 0.6 is 23.4 Å². The number of aromatic nitrogens is 3. The van der Waals surface area contributed by atoms with Crippen LogP contribution in [0.3, 0.4) is 0 Å². The predicted molar refractivity (Wildman–Crippen MR) is 95.4 cm³/mol. The number of thioether (sulfide) groups is 1. The molecule has 3 aromatic rings. The standard InChI is InChI=1S/C17H16ClN3O3S/c1-2-21-16(14-7-4-8-23-14)19-20-17(21)25-11-15(22)24-10-12-5-3-6-13(18)9-12/h3-9H,2,10-11H2,1H3. The summed E-state index contributed by atoms with van der Waals surface area (Å²) < 4.78 is 12.5. The molecule has 130 valence electrons. The van der Waals surface area contributed by atoms with Crippen molar-refractivity contribution in [2.24, 2.45) is 0 Å². The maximum Gasteiger partial charge on any atom is 0.316 e. The first kappa shape index (κ1) is 17.6. The van der Waals surface area contributed by atoms with E-state index < -0.39 is 0 Å². The predicted octanol–water partition coefficient (Wildman–Crippen LogP) is 4.05. The molecule has 0 saturated heterocycles. The fourth-order valence-corrected chi connectivity index (χ4v) is 3.24. The van der Waals surface area contributed by atoms with E-state index in [1.165, 1.54) is 11.8 Å². The fourth-order valence-electron chi connectivity index (χ4n) is 2.22. The molecular formula is C17H16ClN3O3S. The quantitative estimate of drug-likeness (QED) is 0.457. The van der Waals surface area contributed by atoms with E-state index in [0.29, 0.717) is 28.3 Å². The third-order valence-electron chi connectivity index (χ3n) is 3.38. The van der Waals surface area contributed by atoms with Gasteiger partial charge in [-0.3, -0.25) is 9.36 Å². The largest absolute Gasteiger partial charge is 0.461 e. The first-order valence-electron chi connectivity index (χ1n) is 7.67. The number of rotatable bonds is 7. The zero-order valence-electron chi connectivity index (χ0n) is 13.5. The second-order valence-electron chi connectivity index (χ2n) is 5.11. The van der Waals surface area contributed by atoms with Gasteiger partial charge in [0, 0.05) is 11.6 Å². The van der Waals surface area contributed by atoms with Crippen LogP contribution in [0.4, 0.5) is 0 Å². The van der Waals surface area contributed by atoms with Crippen LogP contribution in [0.5, 0.6) is 0 Å². The molecule has 0 fully saturated rings. The Labute approximate surface area is 154 Å². The molecule has 2 heterocycles. The summed E-state index contributed by atoms with van der Waals surface area (Å²) in [4.78, 5) is 12.0. The van der Waals surface area contributed by atoms with Crippen molar-refractivity contribution in [2.75, 3.05) is 5.75 Å². The van der Waals surface area contributed by atoms with Crippen LogP contribution in [-0.2, 0) is 22.7 Å². The van der Waals surface area contributed by atoms with E-state index in [2.05, 4.69) is 10.2 Å². The lowest BCUT2D eigenvalue weighted by molar-refractivity contribution is -0.141. The van der Waals surface area contributed by atoms with Crippen LogP contribution in [0.1, 0.15) is 12.5 Å². The van der Waals surface area contributed by atoms with Gasteiger partial charge >= 0.3 is 5.97 Å². The highest BCUT2D eigenvalue weighted by atomic mass is 35.5. The molecule has 0 aliphatic rings. The number of ether oxygens (including phenoxy) is 1. The van der Waals surface area contributed by atoms with Gasteiger partial charge in [-0.05, 0) is 36.8 Å². The smallest absolute Gasteiger partial charge is 0.316 e. The Bertz CT molecular complexity index is 849. The van der Waals surface area contributed by atoms with Crippen molar-refractivity contribution >= 4 is 29.3 Å². The minimum Gasteiger partial charge on any atom is -0.461 e. The average molecular weight is 378 g/mol. The van der Waals surface area contributed by atoms with Crippen molar-refractivity contribution in [3.8, 4) is 11.6 Å². The zero-order chi connectivity index (χ0) is 17.6. The van der Waals surface area contributed by atoms with E-state index in [1.807, 2.05) is 29.7 Å². The molecule has 25 heavy (non-hydrogen) atoms. The Balaban J connectivity index is 1.57. The van der Waals surface area contributed by atoms with E-state index in [4.69, 9.17) is 20.8 Å². The van der Waals surface area contributed by atoms with Gasteiger partial charge in [-0.2, -0.15) is 0 Å². The van der Waals surface area contributed by atoms with Crippen LogP contribution in [-0.4, -0.2) is 26.5 Å². The highest BCUT2D eigenvalue weighted by Gasteiger charge is 2.16. The number of halogens is 1. The molecule has 3 rings (SSSR count). The summed E-state index contributed by atoms with van der Waals surface area (Å²) in [7, 11) is 0. The average Bonchev–Trinajstić information content (AvgIpc) is 3.27. The van der Waals surface area contributed by atoms with Gasteiger partial charge in [0.25, 0.3) is 0 Å². The Morgan fingerprint density at radius 3 is 2.92 bits per heavy atom. The summed E-state index contributed by atoms with van der Waals surface area (Å²) in [6, 6.07) is 10.8. The van der Waals surface area contributed by atoms with E-state index in [0.717, 1.165) is 5.56 Å². The Morgan fingerprint density at radius 1 is 1.32 bits per heavy atom. The molecule has 0 bridgehead atoms. The Morgan fingerprint density at radius 2 is 2.20 bits per heavy atom. The lowest BCUT2D eigenvalue weighted by atomic mass is 10.2. The molecule has 0 aliphatic heterocycles. The van der Waals surface area contributed by atoms with E-state index >= 15 is 0 Å². The Kier molecular flexibility index (Phi) is 5.78. The summed E-state index contributed by atoms with van der Waals surface area (Å²) in [5.41, 5.74) is 0.850. The fraction of sp³-hybridized carbons (Fsp3) is 0.235. The maximum absolute atomic E-state index is 12.0. The van der Waals surface area contributed by atoms with Gasteiger partial charge < -0.3 is 9.15 Å². The van der Waals surface area contributed by atoms with Gasteiger partial charge in [0.15, 0.2) is 16.7 Å². The molecule has 0 unspecified atom stereocenters. The van der Waals surface area contributed by atoms with Gasteiger partial charge in [0.1, 0.15) is 6.61 Å². The minimum atomic E-state index is -0.324. The third-order valence-corrected chi connectivity index (χ3v) is 4.56. The number of carbonyl (C=O) groups is 1. The molecule has 0 N–H and O–H groups in total. The molecule has 8 heteroatoms. The first-order chi connectivity index (χ1) is 12.2. The third kappa shape index (κ3) is 4.43. The summed E-state index contributed by atoms with van der Waals surface area (Å²) in [6.07, 6.45) is 1.59. The van der Waals surface area contributed by atoms with Gasteiger partial charge in [-0.1, -0.05) is 35.5 Å². The van der Waals surface area contributed by atoms with E-state index in [9.17, 15) is 4.79 Å². The zero-order valence-corrected chi connectivity index (χ0v) is 15.1. The molecule has 2 aromatic heterocycles. The van der Waals surface area contributed by atoms with Crippen molar-refractivity contribution < 1.29 is 13.9 Å². The second kappa shape index (κ2) is 8.22.